The van der Waals surface area contributed by atoms with E-state index >= 15 is 0 Å². The van der Waals surface area contributed by atoms with Crippen LogP contribution in [0, 0.1) is 6.92 Å². The molecular formula is C14H21NO3. The van der Waals surface area contributed by atoms with Crippen LogP contribution in [-0.2, 0) is 0 Å². The number of methoxy groups -OCH3 is 2. The highest BCUT2D eigenvalue weighted by atomic mass is 16.5. The second-order valence-corrected chi connectivity index (χ2v) is 4.29. The Balaban J connectivity index is 3.05. The van der Waals surface area contributed by atoms with Crippen molar-refractivity contribution in [1.82, 2.24) is 5.32 Å². The quantitative estimate of drug-likeness (QED) is 0.874. The van der Waals surface area contributed by atoms with Crippen LogP contribution in [0.15, 0.2) is 12.1 Å². The first-order valence-electron chi connectivity index (χ1n) is 6.06. The Bertz CT molecular complexity index is 404. The fraction of sp³-hybridized carbons (Fsp3) is 0.500. The average molecular weight is 251 g/mol. The van der Waals surface area contributed by atoms with Gasteiger partial charge < -0.3 is 14.8 Å². The minimum absolute atomic E-state index is 0.110. The van der Waals surface area contributed by atoms with Crippen LogP contribution in [0.1, 0.15) is 36.2 Å². The molecule has 1 N–H and O–H groups in total. The Morgan fingerprint density at radius 2 is 1.78 bits per heavy atom. The van der Waals surface area contributed by atoms with Crippen LogP contribution in [0.5, 0.6) is 11.5 Å². The zero-order valence-corrected chi connectivity index (χ0v) is 11.7. The number of carbonyl (C=O) groups is 1. The summed E-state index contributed by atoms with van der Waals surface area (Å²) in [6.45, 7) is 5.90. The van der Waals surface area contributed by atoms with Gasteiger partial charge in [0.1, 0.15) is 11.5 Å². The molecule has 1 amide bonds. The number of carbonyl (C=O) groups excluding carboxylic acids is 1. The lowest BCUT2D eigenvalue weighted by Gasteiger charge is -2.15. The smallest absolute Gasteiger partial charge is 0.251 e. The van der Waals surface area contributed by atoms with Crippen molar-refractivity contribution in [3.63, 3.8) is 0 Å². The molecular weight excluding hydrogens is 230 g/mol. The summed E-state index contributed by atoms with van der Waals surface area (Å²) < 4.78 is 10.5. The van der Waals surface area contributed by atoms with Crippen molar-refractivity contribution in [2.24, 2.45) is 0 Å². The van der Waals surface area contributed by atoms with Gasteiger partial charge in [-0.15, -0.1) is 0 Å². The van der Waals surface area contributed by atoms with E-state index in [1.165, 1.54) is 0 Å². The topological polar surface area (TPSA) is 47.6 Å². The molecule has 0 fully saturated rings. The third-order valence-electron chi connectivity index (χ3n) is 3.00. The molecule has 4 heteroatoms. The molecule has 1 aromatic carbocycles. The van der Waals surface area contributed by atoms with Crippen LogP contribution in [0.4, 0.5) is 0 Å². The molecule has 100 valence electrons. The van der Waals surface area contributed by atoms with Gasteiger partial charge in [-0.3, -0.25) is 4.79 Å². The Hall–Kier alpha value is -1.71. The van der Waals surface area contributed by atoms with Gasteiger partial charge in [0.25, 0.3) is 5.91 Å². The molecule has 0 aliphatic rings. The van der Waals surface area contributed by atoms with Crippen LogP contribution in [0.25, 0.3) is 0 Å². The predicted molar refractivity (Wildman–Crippen MR) is 71.5 cm³/mol. The van der Waals surface area contributed by atoms with Crippen LogP contribution in [0.3, 0.4) is 0 Å². The summed E-state index contributed by atoms with van der Waals surface area (Å²) >= 11 is 0. The van der Waals surface area contributed by atoms with Crippen molar-refractivity contribution in [2.45, 2.75) is 33.2 Å². The Morgan fingerprint density at radius 3 is 2.17 bits per heavy atom. The van der Waals surface area contributed by atoms with Crippen molar-refractivity contribution in [3.05, 3.63) is 23.3 Å². The molecule has 1 rings (SSSR count). The summed E-state index contributed by atoms with van der Waals surface area (Å²) in [6.07, 6.45) is 0.895. The van der Waals surface area contributed by atoms with Crippen LogP contribution >= 0.6 is 0 Å². The van der Waals surface area contributed by atoms with Gasteiger partial charge in [-0.05, 0) is 32.4 Å². The molecule has 0 radical (unpaired) electrons. The minimum Gasteiger partial charge on any atom is -0.496 e. The zero-order chi connectivity index (χ0) is 13.7. The number of benzene rings is 1. The molecule has 0 bridgehead atoms. The first-order chi connectivity index (χ1) is 8.53. The van der Waals surface area contributed by atoms with E-state index in [2.05, 4.69) is 5.32 Å². The fourth-order valence-electron chi connectivity index (χ4n) is 1.63. The molecule has 1 unspecified atom stereocenters. The Morgan fingerprint density at radius 1 is 1.28 bits per heavy atom. The number of nitrogens with one attached hydrogen (secondary N) is 1. The number of hydrogen-bond donors (Lipinski definition) is 1. The van der Waals surface area contributed by atoms with Crippen LogP contribution in [-0.4, -0.2) is 26.2 Å². The summed E-state index contributed by atoms with van der Waals surface area (Å²) in [5.41, 5.74) is 1.44. The molecule has 0 heterocycles. The van der Waals surface area contributed by atoms with Gasteiger partial charge in [-0.1, -0.05) is 6.92 Å². The fourth-order valence-corrected chi connectivity index (χ4v) is 1.63. The maximum Gasteiger partial charge on any atom is 0.251 e. The van der Waals surface area contributed by atoms with E-state index < -0.39 is 0 Å². The summed E-state index contributed by atoms with van der Waals surface area (Å²) in [7, 11) is 3.16. The number of rotatable bonds is 5. The van der Waals surface area contributed by atoms with Crippen molar-refractivity contribution < 1.29 is 14.3 Å². The summed E-state index contributed by atoms with van der Waals surface area (Å²) in [4.78, 5) is 12.0. The number of hydrogen-bond acceptors (Lipinski definition) is 3. The van der Waals surface area contributed by atoms with E-state index in [0.717, 1.165) is 12.0 Å². The van der Waals surface area contributed by atoms with Crippen LogP contribution in [0.2, 0.25) is 0 Å². The Labute approximate surface area is 108 Å². The molecule has 18 heavy (non-hydrogen) atoms. The zero-order valence-electron chi connectivity index (χ0n) is 11.7. The second-order valence-electron chi connectivity index (χ2n) is 4.29. The molecule has 1 atom stereocenters. The highest BCUT2D eigenvalue weighted by Gasteiger charge is 2.14. The molecule has 0 saturated heterocycles. The molecule has 0 aromatic heterocycles. The van der Waals surface area contributed by atoms with E-state index in [9.17, 15) is 4.79 Å². The predicted octanol–water partition coefficient (Wildman–Crippen LogP) is 2.54. The van der Waals surface area contributed by atoms with Gasteiger partial charge in [0.15, 0.2) is 0 Å². The van der Waals surface area contributed by atoms with Gasteiger partial charge in [0.2, 0.25) is 0 Å². The first-order valence-corrected chi connectivity index (χ1v) is 6.06. The molecule has 1 aromatic rings. The lowest BCUT2D eigenvalue weighted by molar-refractivity contribution is 0.0938. The normalized spacial score (nSPS) is 11.8. The lowest BCUT2D eigenvalue weighted by atomic mass is 10.1. The van der Waals surface area contributed by atoms with Crippen LogP contribution < -0.4 is 14.8 Å². The highest BCUT2D eigenvalue weighted by molar-refractivity contribution is 5.95. The third kappa shape index (κ3) is 3.15. The maximum absolute atomic E-state index is 12.0. The second kappa shape index (κ2) is 6.28. The molecule has 0 aliphatic heterocycles. The molecule has 0 aliphatic carbocycles. The number of ether oxygens (including phenoxy) is 2. The van der Waals surface area contributed by atoms with E-state index in [0.29, 0.717) is 17.1 Å². The largest absolute Gasteiger partial charge is 0.496 e. The number of amides is 1. The van der Waals surface area contributed by atoms with Gasteiger partial charge >= 0.3 is 0 Å². The lowest BCUT2D eigenvalue weighted by Crippen LogP contribution is -2.31. The van der Waals surface area contributed by atoms with E-state index in [1.807, 2.05) is 20.8 Å². The van der Waals surface area contributed by atoms with Gasteiger partial charge in [0.05, 0.1) is 14.2 Å². The monoisotopic (exact) mass is 251 g/mol. The van der Waals surface area contributed by atoms with Crippen molar-refractivity contribution >= 4 is 5.91 Å². The van der Waals surface area contributed by atoms with E-state index in [-0.39, 0.29) is 11.9 Å². The molecule has 4 nitrogen and oxygen atoms in total. The van der Waals surface area contributed by atoms with E-state index in [1.54, 1.807) is 26.4 Å². The van der Waals surface area contributed by atoms with Gasteiger partial charge in [0, 0.05) is 17.2 Å². The van der Waals surface area contributed by atoms with Gasteiger partial charge in [-0.2, -0.15) is 0 Å². The summed E-state index contributed by atoms with van der Waals surface area (Å²) in [6, 6.07) is 3.61. The molecule has 0 saturated carbocycles. The summed E-state index contributed by atoms with van der Waals surface area (Å²) in [5.74, 6) is 1.20. The van der Waals surface area contributed by atoms with E-state index in [4.69, 9.17) is 9.47 Å². The molecule has 0 spiro atoms. The first kappa shape index (κ1) is 14.4. The Kier molecular flexibility index (Phi) is 5.01. The maximum atomic E-state index is 12.0. The third-order valence-corrected chi connectivity index (χ3v) is 3.00. The average Bonchev–Trinajstić information content (AvgIpc) is 2.38. The summed E-state index contributed by atoms with van der Waals surface area (Å²) in [5, 5.41) is 2.92. The SMILES string of the molecule is CCC(C)NC(=O)c1cc(OC)c(C)c(OC)c1. The van der Waals surface area contributed by atoms with Gasteiger partial charge in [-0.25, -0.2) is 0 Å². The van der Waals surface area contributed by atoms with Crippen molar-refractivity contribution in [2.75, 3.05) is 14.2 Å². The van der Waals surface area contributed by atoms with Crippen molar-refractivity contribution in [1.29, 1.82) is 0 Å². The highest BCUT2D eigenvalue weighted by Crippen LogP contribution is 2.29. The minimum atomic E-state index is -0.110. The standard InChI is InChI=1S/C14H21NO3/c1-6-9(2)15-14(16)11-7-12(17-4)10(3)13(8-11)18-5/h7-9H,6H2,1-5H3,(H,15,16). The van der Waals surface area contributed by atoms with Crippen molar-refractivity contribution in [3.8, 4) is 11.5 Å².